The number of benzene rings is 2. The average molecular weight is 381 g/mol. The van der Waals surface area contributed by atoms with Gasteiger partial charge in [0, 0.05) is 36.3 Å². The number of hydrogen-bond donors (Lipinski definition) is 1. The van der Waals surface area contributed by atoms with Crippen molar-refractivity contribution in [1.82, 2.24) is 9.97 Å². The minimum atomic E-state index is 0.605. The molecule has 5 nitrogen and oxygen atoms in total. The number of ether oxygens (including phenoxy) is 1. The first-order valence-corrected chi connectivity index (χ1v) is 9.42. The van der Waals surface area contributed by atoms with Crippen LogP contribution in [0.2, 0.25) is 5.02 Å². The van der Waals surface area contributed by atoms with Crippen molar-refractivity contribution in [2.24, 2.45) is 0 Å². The Morgan fingerprint density at radius 1 is 0.963 bits per heavy atom. The fourth-order valence-electron chi connectivity index (χ4n) is 3.02. The smallest absolute Gasteiger partial charge is 0.163 e. The van der Waals surface area contributed by atoms with E-state index in [2.05, 4.69) is 10.2 Å². The van der Waals surface area contributed by atoms with Crippen LogP contribution in [0.3, 0.4) is 0 Å². The number of rotatable bonds is 5. The van der Waals surface area contributed by atoms with Crippen LogP contribution in [0, 0.1) is 0 Å². The highest BCUT2D eigenvalue weighted by Crippen LogP contribution is 2.24. The van der Waals surface area contributed by atoms with Crippen LogP contribution in [-0.2, 0) is 11.3 Å². The van der Waals surface area contributed by atoms with Crippen LogP contribution in [0.15, 0.2) is 60.7 Å². The molecule has 1 fully saturated rings. The molecule has 1 aromatic heterocycles. The van der Waals surface area contributed by atoms with Gasteiger partial charge in [0.05, 0.1) is 13.2 Å². The molecule has 0 amide bonds. The normalized spacial score (nSPS) is 14.2. The number of nitrogens with zero attached hydrogens (tertiary/aromatic N) is 3. The second-order valence-electron chi connectivity index (χ2n) is 6.35. The second-order valence-corrected chi connectivity index (χ2v) is 6.75. The van der Waals surface area contributed by atoms with Crippen molar-refractivity contribution >= 4 is 23.2 Å². The summed E-state index contributed by atoms with van der Waals surface area (Å²) in [5.74, 6) is 2.40. The molecule has 1 aliphatic heterocycles. The Kier molecular flexibility index (Phi) is 5.51. The highest BCUT2D eigenvalue weighted by Gasteiger charge is 2.16. The second kappa shape index (κ2) is 8.37. The maximum atomic E-state index is 6.28. The molecule has 0 radical (unpaired) electrons. The first-order chi connectivity index (χ1) is 13.3. The first kappa shape index (κ1) is 17.8. The molecule has 138 valence electrons. The van der Waals surface area contributed by atoms with Gasteiger partial charge in [0.25, 0.3) is 0 Å². The first-order valence-electron chi connectivity index (χ1n) is 9.04. The SMILES string of the molecule is Clc1ccccc1CNc1cc(N2CCOCC2)nc(-c2ccccc2)n1. The van der Waals surface area contributed by atoms with Crippen molar-refractivity contribution < 1.29 is 4.74 Å². The van der Waals surface area contributed by atoms with E-state index in [1.807, 2.05) is 60.7 Å². The molecule has 0 spiro atoms. The number of halogens is 1. The predicted octanol–water partition coefficient (Wildman–Crippen LogP) is 4.25. The summed E-state index contributed by atoms with van der Waals surface area (Å²) in [6, 6.07) is 19.9. The molecular weight excluding hydrogens is 360 g/mol. The van der Waals surface area contributed by atoms with Crippen molar-refractivity contribution in [3.8, 4) is 11.4 Å². The molecule has 0 bridgehead atoms. The third-order valence-corrected chi connectivity index (χ3v) is 4.87. The van der Waals surface area contributed by atoms with Crippen LogP contribution in [0.25, 0.3) is 11.4 Å². The lowest BCUT2D eigenvalue weighted by atomic mass is 10.2. The van der Waals surface area contributed by atoms with Crippen molar-refractivity contribution in [3.63, 3.8) is 0 Å². The molecule has 0 atom stereocenters. The van der Waals surface area contributed by atoms with Crippen LogP contribution < -0.4 is 10.2 Å². The maximum absolute atomic E-state index is 6.28. The lowest BCUT2D eigenvalue weighted by Gasteiger charge is -2.28. The van der Waals surface area contributed by atoms with E-state index in [4.69, 9.17) is 26.3 Å². The van der Waals surface area contributed by atoms with E-state index in [9.17, 15) is 0 Å². The topological polar surface area (TPSA) is 50.3 Å². The summed E-state index contributed by atoms with van der Waals surface area (Å²) in [6.07, 6.45) is 0. The summed E-state index contributed by atoms with van der Waals surface area (Å²) in [4.78, 5) is 11.7. The van der Waals surface area contributed by atoms with Gasteiger partial charge < -0.3 is 15.0 Å². The third-order valence-electron chi connectivity index (χ3n) is 4.50. The van der Waals surface area contributed by atoms with Gasteiger partial charge in [0.1, 0.15) is 11.6 Å². The van der Waals surface area contributed by atoms with E-state index >= 15 is 0 Å². The molecular formula is C21H21ClN4O. The van der Waals surface area contributed by atoms with Crippen LogP contribution in [0.1, 0.15) is 5.56 Å². The van der Waals surface area contributed by atoms with Gasteiger partial charge in [-0.3, -0.25) is 0 Å². The Bertz CT molecular complexity index is 898. The number of anilines is 2. The number of morpholine rings is 1. The van der Waals surface area contributed by atoms with Crippen LogP contribution in [-0.4, -0.2) is 36.3 Å². The van der Waals surface area contributed by atoms with Gasteiger partial charge in [0.2, 0.25) is 0 Å². The van der Waals surface area contributed by atoms with Gasteiger partial charge >= 0.3 is 0 Å². The number of aromatic nitrogens is 2. The van der Waals surface area contributed by atoms with Crippen molar-refractivity contribution in [2.45, 2.75) is 6.54 Å². The summed E-state index contributed by atoms with van der Waals surface area (Å²) in [5.41, 5.74) is 2.03. The molecule has 27 heavy (non-hydrogen) atoms. The van der Waals surface area contributed by atoms with Gasteiger partial charge in [-0.1, -0.05) is 60.1 Å². The summed E-state index contributed by atoms with van der Waals surface area (Å²) in [7, 11) is 0. The van der Waals surface area contributed by atoms with E-state index in [1.54, 1.807) is 0 Å². The summed E-state index contributed by atoms with van der Waals surface area (Å²) < 4.78 is 5.47. The molecule has 1 saturated heterocycles. The zero-order valence-corrected chi connectivity index (χ0v) is 15.7. The van der Waals surface area contributed by atoms with Gasteiger partial charge in [-0.15, -0.1) is 0 Å². The third kappa shape index (κ3) is 4.38. The van der Waals surface area contributed by atoms with Gasteiger partial charge in [-0.2, -0.15) is 0 Å². The van der Waals surface area contributed by atoms with Crippen LogP contribution >= 0.6 is 11.6 Å². The van der Waals surface area contributed by atoms with Crippen LogP contribution in [0.4, 0.5) is 11.6 Å². The zero-order valence-electron chi connectivity index (χ0n) is 14.9. The Morgan fingerprint density at radius 3 is 2.48 bits per heavy atom. The quantitative estimate of drug-likeness (QED) is 0.717. The average Bonchev–Trinajstić information content (AvgIpc) is 2.74. The minimum absolute atomic E-state index is 0.605. The van der Waals surface area contributed by atoms with E-state index in [1.165, 1.54) is 0 Å². The molecule has 0 unspecified atom stereocenters. The Morgan fingerprint density at radius 2 is 1.70 bits per heavy atom. The minimum Gasteiger partial charge on any atom is -0.378 e. The highest BCUT2D eigenvalue weighted by atomic mass is 35.5. The highest BCUT2D eigenvalue weighted by molar-refractivity contribution is 6.31. The van der Waals surface area contributed by atoms with E-state index in [0.717, 1.165) is 40.9 Å². The molecule has 0 saturated carbocycles. The summed E-state index contributed by atoms with van der Waals surface area (Å²) in [6.45, 7) is 3.69. The largest absolute Gasteiger partial charge is 0.378 e. The standard InChI is InChI=1S/C21H21ClN4O/c22-18-9-5-4-8-17(18)15-23-19-14-20(26-10-12-27-13-11-26)25-21(24-19)16-6-2-1-3-7-16/h1-9,14H,10-13,15H2,(H,23,24,25). The van der Waals surface area contributed by atoms with Gasteiger partial charge in [0.15, 0.2) is 5.82 Å². The van der Waals surface area contributed by atoms with Crippen molar-refractivity contribution in [1.29, 1.82) is 0 Å². The van der Waals surface area contributed by atoms with Gasteiger partial charge in [-0.05, 0) is 11.6 Å². The molecule has 4 rings (SSSR count). The lowest BCUT2D eigenvalue weighted by molar-refractivity contribution is 0.122. The molecule has 1 N–H and O–H groups in total. The Labute approximate surface area is 164 Å². The lowest BCUT2D eigenvalue weighted by Crippen LogP contribution is -2.36. The molecule has 0 aliphatic carbocycles. The van der Waals surface area contributed by atoms with Crippen molar-refractivity contribution in [2.75, 3.05) is 36.5 Å². The zero-order chi connectivity index (χ0) is 18.5. The molecule has 1 aliphatic rings. The van der Waals surface area contributed by atoms with Gasteiger partial charge in [-0.25, -0.2) is 9.97 Å². The Balaban J connectivity index is 1.64. The Hall–Kier alpha value is -2.63. The van der Waals surface area contributed by atoms with E-state index < -0.39 is 0 Å². The van der Waals surface area contributed by atoms with E-state index in [0.29, 0.717) is 25.6 Å². The molecule has 2 heterocycles. The number of hydrogen-bond acceptors (Lipinski definition) is 5. The molecule has 2 aromatic carbocycles. The maximum Gasteiger partial charge on any atom is 0.163 e. The summed E-state index contributed by atoms with van der Waals surface area (Å²) >= 11 is 6.28. The van der Waals surface area contributed by atoms with Crippen molar-refractivity contribution in [3.05, 3.63) is 71.2 Å². The van der Waals surface area contributed by atoms with Crippen LogP contribution in [0.5, 0.6) is 0 Å². The molecule has 6 heteroatoms. The predicted molar refractivity (Wildman–Crippen MR) is 109 cm³/mol. The summed E-state index contributed by atoms with van der Waals surface area (Å²) in [5, 5.41) is 4.14. The number of nitrogens with one attached hydrogen (secondary N) is 1. The molecule has 3 aromatic rings. The van der Waals surface area contributed by atoms with E-state index in [-0.39, 0.29) is 0 Å². The monoisotopic (exact) mass is 380 g/mol. The fourth-order valence-corrected chi connectivity index (χ4v) is 3.23. The fraction of sp³-hybridized carbons (Fsp3) is 0.238.